The van der Waals surface area contributed by atoms with Gasteiger partial charge in [0, 0.05) is 6.92 Å². The van der Waals surface area contributed by atoms with Crippen molar-refractivity contribution < 1.29 is 9.42 Å². The molecule has 0 aromatic heterocycles. The Labute approximate surface area is 78.3 Å². The first-order chi connectivity index (χ1) is 5.54. The van der Waals surface area contributed by atoms with Crippen LogP contribution in [0.5, 0.6) is 0 Å². The minimum absolute atomic E-state index is 0.218. The molecular weight excluding hydrogens is 217 g/mol. The van der Waals surface area contributed by atoms with Crippen molar-refractivity contribution in [3.05, 3.63) is 0 Å². The van der Waals surface area contributed by atoms with Crippen LogP contribution in [0.2, 0.25) is 0 Å². The highest BCUT2D eigenvalue weighted by Crippen LogP contribution is 2.51. The van der Waals surface area contributed by atoms with Crippen molar-refractivity contribution in [2.24, 2.45) is 17.5 Å². The maximum atomic E-state index is 9.58. The summed E-state index contributed by atoms with van der Waals surface area (Å²) in [4.78, 5) is 9.58. The van der Waals surface area contributed by atoms with E-state index in [-0.39, 0.29) is 5.91 Å². The van der Waals surface area contributed by atoms with E-state index in [4.69, 9.17) is 0 Å². The van der Waals surface area contributed by atoms with Gasteiger partial charge in [0.05, 0.1) is 7.53 Å². The van der Waals surface area contributed by atoms with E-state index in [2.05, 4.69) is 40.0 Å². The van der Waals surface area contributed by atoms with E-state index in [1.807, 2.05) is 5.43 Å². The summed E-state index contributed by atoms with van der Waals surface area (Å²) >= 11 is 0. The van der Waals surface area contributed by atoms with Crippen molar-refractivity contribution in [2.45, 2.75) is 6.92 Å². The van der Waals surface area contributed by atoms with Crippen molar-refractivity contribution in [2.75, 3.05) is 7.05 Å². The van der Waals surface area contributed by atoms with E-state index >= 15 is 0 Å². The minimum atomic E-state index is -0.487. The van der Waals surface area contributed by atoms with Crippen molar-refractivity contribution >= 4 is 31.3 Å². The fraction of sp³-hybridized carbons (Fsp3) is 0.667. The van der Waals surface area contributed by atoms with Gasteiger partial charge in [0.25, 0.3) is 0 Å². The van der Waals surface area contributed by atoms with Gasteiger partial charge in [-0.25, -0.2) is 11.7 Å². The largest absolute Gasteiger partial charge is 0.333 e. The molecule has 6 nitrogen and oxygen atoms in total. The highest BCUT2D eigenvalue weighted by Gasteiger charge is 1.80. The second-order valence-electron chi connectivity index (χ2n) is 1.17. The highest BCUT2D eigenvalue weighted by molar-refractivity contribution is 8.41. The van der Waals surface area contributed by atoms with Crippen LogP contribution in [-0.2, 0) is 9.42 Å². The molecule has 0 aliphatic carbocycles. The van der Waals surface area contributed by atoms with E-state index in [1.165, 1.54) is 14.0 Å². The summed E-state index contributed by atoms with van der Waals surface area (Å²) in [5, 5.41) is 0. The third-order valence-electron chi connectivity index (χ3n) is 0.325. The zero-order valence-corrected chi connectivity index (χ0v) is 10.4. The van der Waals surface area contributed by atoms with Gasteiger partial charge < -0.3 is 5.73 Å². The molecule has 1 amide bonds. The number of carbonyl (C=O) groups excluding carboxylic acids is 1. The third kappa shape index (κ3) is 46.2. The first-order valence-corrected chi connectivity index (χ1v) is 7.25. The number of hydrogen-bond acceptors (Lipinski definition) is 5. The van der Waals surface area contributed by atoms with Gasteiger partial charge in [-0.1, -0.05) is 17.9 Å². The average Bonchev–Trinajstić information content (AvgIpc) is 2.09. The molecule has 0 rings (SSSR count). The molecule has 9 heteroatoms. The summed E-state index contributed by atoms with van der Waals surface area (Å²) in [5.41, 5.74) is 6.39. The summed E-state index contributed by atoms with van der Waals surface area (Å²) in [6.45, 7) is 1.35. The molecule has 0 heterocycles. The Morgan fingerprint density at radius 2 is 1.67 bits per heavy atom. The lowest BCUT2D eigenvalue weighted by molar-refractivity contribution is -0.119. The molecule has 0 radical (unpaired) electrons. The van der Waals surface area contributed by atoms with Gasteiger partial charge in [0.1, 0.15) is 0 Å². The molecule has 0 fully saturated rings. The molecule has 0 saturated heterocycles. The van der Waals surface area contributed by atoms with E-state index in [0.29, 0.717) is 0 Å². The molecule has 0 aliphatic heterocycles. The van der Waals surface area contributed by atoms with Crippen LogP contribution in [-0.4, -0.2) is 13.0 Å². The summed E-state index contributed by atoms with van der Waals surface area (Å²) < 4.78 is 4.24. The molecule has 76 valence electrons. The van der Waals surface area contributed by atoms with Gasteiger partial charge in [0.15, 0.2) is 0 Å². The topological polar surface area (TPSA) is 116 Å². The Hall–Kier alpha value is 0.600. The van der Waals surface area contributed by atoms with Gasteiger partial charge in [0.2, 0.25) is 5.91 Å². The molecule has 0 aromatic carbocycles. The Bertz CT molecular complexity index is 93.6. The number of nitrogens with two attached hydrogens (primary N) is 3. The van der Waals surface area contributed by atoms with Crippen LogP contribution in [0.15, 0.2) is 0 Å². The number of hydrogen-bond donors (Lipinski definition) is 4. The first kappa shape index (κ1) is 18.4. The lowest BCUT2D eigenvalue weighted by Crippen LogP contribution is -2.26. The van der Waals surface area contributed by atoms with Gasteiger partial charge in [-0.15, -0.1) is 0 Å². The Morgan fingerprint density at radius 1 is 1.50 bits per heavy atom. The third-order valence-corrected chi connectivity index (χ3v) is 1.30. The second-order valence-corrected chi connectivity index (χ2v) is 6.94. The van der Waals surface area contributed by atoms with Gasteiger partial charge in [-0.2, -0.15) is 0 Å². The van der Waals surface area contributed by atoms with E-state index in [1.54, 1.807) is 0 Å². The second kappa shape index (κ2) is 17.6. The number of amides is 1. The monoisotopic (exact) mass is 234 g/mol. The highest BCUT2D eigenvalue weighted by atomic mass is 32.4. The molecule has 12 heavy (non-hydrogen) atoms. The minimum Gasteiger partial charge on any atom is -0.333 e. The molecule has 7 N–H and O–H groups in total. The Balaban J connectivity index is -0.000000112. The van der Waals surface area contributed by atoms with Crippen LogP contribution in [0.25, 0.3) is 0 Å². The number of nitrogens with one attached hydrogen (secondary N) is 1. The molecule has 0 saturated carbocycles. The van der Waals surface area contributed by atoms with Crippen molar-refractivity contribution in [1.29, 1.82) is 0 Å². The lowest BCUT2D eigenvalue weighted by atomic mass is 10.8. The van der Waals surface area contributed by atoms with Gasteiger partial charge in [-0.3, -0.25) is 14.8 Å². The van der Waals surface area contributed by atoms with Crippen LogP contribution >= 0.6 is 25.4 Å². The quantitative estimate of drug-likeness (QED) is 0.210. The molecule has 0 aromatic rings. The fourth-order valence-corrected chi connectivity index (χ4v) is 0. The van der Waals surface area contributed by atoms with Crippen LogP contribution in [0, 0.1) is 0 Å². The van der Waals surface area contributed by atoms with Crippen molar-refractivity contribution in [3.8, 4) is 0 Å². The Morgan fingerprint density at radius 3 is 1.67 bits per heavy atom. The maximum absolute atomic E-state index is 9.58. The van der Waals surface area contributed by atoms with Crippen LogP contribution in [0.4, 0.5) is 0 Å². The zero-order valence-electron chi connectivity index (χ0n) is 7.15. The predicted molar refractivity (Wildman–Crippen MR) is 59.7 cm³/mol. The van der Waals surface area contributed by atoms with E-state index < -0.39 is 7.53 Å². The standard InChI is InChI=1S/C2H6N2O.CH5N.H6NOP3/c1-2(5)4-3;1-2;1-2-5(3)4/h3H2,1H3,(H,4,5);2H2,1H3;1,3-4H2. The van der Waals surface area contributed by atoms with Crippen molar-refractivity contribution in [3.63, 3.8) is 0 Å². The fourth-order valence-electron chi connectivity index (χ4n) is 0. The summed E-state index contributed by atoms with van der Waals surface area (Å²) in [5.74, 6) is 9.01. The van der Waals surface area contributed by atoms with Crippen LogP contribution in [0.3, 0.4) is 0 Å². The molecule has 0 bridgehead atoms. The smallest absolute Gasteiger partial charge is 0.230 e. The van der Waals surface area contributed by atoms with Crippen molar-refractivity contribution in [1.82, 2.24) is 5.43 Å². The molecule has 0 spiro atoms. The van der Waals surface area contributed by atoms with Gasteiger partial charge in [-0.05, 0) is 7.05 Å². The van der Waals surface area contributed by atoms with Crippen LogP contribution in [0.1, 0.15) is 6.92 Å². The zero-order chi connectivity index (χ0) is 10.6. The predicted octanol–water partition coefficient (Wildman–Crippen LogP) is -0.575. The van der Waals surface area contributed by atoms with Crippen LogP contribution < -0.4 is 22.9 Å². The van der Waals surface area contributed by atoms with E-state index in [9.17, 15) is 4.79 Å². The molecule has 0 aliphatic rings. The van der Waals surface area contributed by atoms with E-state index in [0.717, 1.165) is 0 Å². The maximum Gasteiger partial charge on any atom is 0.230 e. The Kier molecular flexibility index (Phi) is 27.0. The summed E-state index contributed by atoms with van der Waals surface area (Å²) in [6, 6.07) is 0. The number of hydrazine groups is 1. The normalized spacial score (nSPS) is 7.33. The number of carbonyl (C=O) groups is 1. The number of rotatable bonds is 1. The average molecular weight is 234 g/mol. The first-order valence-electron chi connectivity index (χ1n) is 2.75. The lowest BCUT2D eigenvalue weighted by Gasteiger charge is -1.93. The molecule has 2 unspecified atom stereocenters. The molecule has 2 atom stereocenters. The summed E-state index contributed by atoms with van der Waals surface area (Å²) in [7, 11) is 5.84. The van der Waals surface area contributed by atoms with Gasteiger partial charge >= 0.3 is 0 Å². The molecular formula is C3H17N4O2P3. The summed E-state index contributed by atoms with van der Waals surface area (Å²) in [6.07, 6.45) is 0. The SMILES string of the molecule is CC(=O)NN.CN.NOP(P)P.